The van der Waals surface area contributed by atoms with Crippen LogP contribution in [-0.4, -0.2) is 25.0 Å². The topological polar surface area (TPSA) is 29.5 Å². The summed E-state index contributed by atoms with van der Waals surface area (Å²) in [6.07, 6.45) is 3.10. The van der Waals surface area contributed by atoms with Gasteiger partial charge in [-0.25, -0.2) is 0 Å². The van der Waals surface area contributed by atoms with Crippen LogP contribution in [0.3, 0.4) is 0 Å². The first-order valence-electron chi connectivity index (χ1n) is 8.60. The molecule has 0 spiro atoms. The minimum atomic E-state index is -0.0133. The summed E-state index contributed by atoms with van der Waals surface area (Å²) in [7, 11) is 3.57. The van der Waals surface area contributed by atoms with Gasteiger partial charge in [0.05, 0.1) is 19.1 Å². The molecule has 3 rings (SSSR count). The molecule has 2 unspecified atom stereocenters. The van der Waals surface area contributed by atoms with Crippen LogP contribution in [-0.2, 0) is 11.2 Å². The predicted molar refractivity (Wildman–Crippen MR) is 96.3 cm³/mol. The van der Waals surface area contributed by atoms with E-state index >= 15 is 0 Å². The van der Waals surface area contributed by atoms with Crippen LogP contribution in [0.2, 0.25) is 0 Å². The number of rotatable bonds is 4. The summed E-state index contributed by atoms with van der Waals surface area (Å²) in [5.41, 5.74) is 3.66. The third-order valence-electron chi connectivity index (χ3n) is 5.19. The fourth-order valence-electron chi connectivity index (χ4n) is 3.55. The maximum atomic E-state index is 13.1. The first kappa shape index (κ1) is 16.6. The van der Waals surface area contributed by atoms with E-state index in [0.29, 0.717) is 0 Å². The first-order valence-corrected chi connectivity index (χ1v) is 8.60. The van der Waals surface area contributed by atoms with Gasteiger partial charge in [-0.1, -0.05) is 36.4 Å². The fourth-order valence-corrected chi connectivity index (χ4v) is 3.55. The van der Waals surface area contributed by atoms with Crippen LogP contribution in [0.1, 0.15) is 48.4 Å². The molecule has 0 saturated heterocycles. The summed E-state index contributed by atoms with van der Waals surface area (Å²) in [4.78, 5) is 15.0. The van der Waals surface area contributed by atoms with Crippen LogP contribution in [0.4, 0.5) is 0 Å². The second-order valence-corrected chi connectivity index (χ2v) is 6.54. The highest BCUT2D eigenvalue weighted by Gasteiger charge is 2.30. The summed E-state index contributed by atoms with van der Waals surface area (Å²) < 4.78 is 5.21. The Labute approximate surface area is 144 Å². The molecule has 24 heavy (non-hydrogen) atoms. The molecule has 2 aromatic carbocycles. The number of amides is 1. The zero-order chi connectivity index (χ0) is 17.1. The molecule has 1 amide bonds. The molecule has 0 heterocycles. The standard InChI is InChI=1S/C21H25NO2/c1-15(16-11-13-18(24-3)14-12-16)22(2)21(23)20-10-6-8-17-7-4-5-9-19(17)20/h4-5,7,9,11-15,20H,6,8,10H2,1-3H3. The summed E-state index contributed by atoms with van der Waals surface area (Å²) in [6.45, 7) is 2.08. The van der Waals surface area contributed by atoms with E-state index in [1.165, 1.54) is 11.1 Å². The van der Waals surface area contributed by atoms with Gasteiger partial charge >= 0.3 is 0 Å². The van der Waals surface area contributed by atoms with Crippen molar-refractivity contribution in [3.8, 4) is 5.75 Å². The Morgan fingerprint density at radius 2 is 1.88 bits per heavy atom. The Hall–Kier alpha value is -2.29. The van der Waals surface area contributed by atoms with Crippen molar-refractivity contribution in [2.75, 3.05) is 14.2 Å². The Kier molecular flexibility index (Phi) is 4.89. The predicted octanol–water partition coefficient (Wildman–Crippen LogP) is 4.33. The number of aryl methyl sites for hydroxylation is 1. The van der Waals surface area contributed by atoms with Gasteiger partial charge < -0.3 is 9.64 Å². The van der Waals surface area contributed by atoms with E-state index in [4.69, 9.17) is 4.74 Å². The maximum absolute atomic E-state index is 13.1. The molecule has 0 aliphatic heterocycles. The Bertz CT molecular complexity index is 708. The molecule has 0 aromatic heterocycles. The van der Waals surface area contributed by atoms with Gasteiger partial charge in [-0.15, -0.1) is 0 Å². The highest BCUT2D eigenvalue weighted by Crippen LogP contribution is 2.34. The summed E-state index contributed by atoms with van der Waals surface area (Å²) in [5, 5.41) is 0. The highest BCUT2D eigenvalue weighted by molar-refractivity contribution is 5.84. The third-order valence-corrected chi connectivity index (χ3v) is 5.19. The Morgan fingerprint density at radius 3 is 2.58 bits per heavy atom. The highest BCUT2D eigenvalue weighted by atomic mass is 16.5. The Morgan fingerprint density at radius 1 is 1.17 bits per heavy atom. The van der Waals surface area contributed by atoms with Gasteiger partial charge in [0.15, 0.2) is 0 Å². The monoisotopic (exact) mass is 323 g/mol. The van der Waals surface area contributed by atoms with Crippen molar-refractivity contribution in [2.24, 2.45) is 0 Å². The lowest BCUT2D eigenvalue weighted by Gasteiger charge is -2.32. The van der Waals surface area contributed by atoms with Gasteiger partial charge in [0, 0.05) is 7.05 Å². The van der Waals surface area contributed by atoms with Gasteiger partial charge in [0.2, 0.25) is 5.91 Å². The van der Waals surface area contributed by atoms with E-state index in [2.05, 4.69) is 25.1 Å². The smallest absolute Gasteiger partial charge is 0.230 e. The van der Waals surface area contributed by atoms with Gasteiger partial charge in [-0.3, -0.25) is 4.79 Å². The Balaban J connectivity index is 1.79. The molecule has 3 heteroatoms. The molecule has 0 N–H and O–H groups in total. The van der Waals surface area contributed by atoms with Crippen molar-refractivity contribution >= 4 is 5.91 Å². The van der Waals surface area contributed by atoms with Crippen molar-refractivity contribution in [1.82, 2.24) is 4.90 Å². The van der Waals surface area contributed by atoms with Crippen molar-refractivity contribution in [3.05, 3.63) is 65.2 Å². The van der Waals surface area contributed by atoms with E-state index < -0.39 is 0 Å². The normalized spacial score (nSPS) is 17.7. The number of benzene rings is 2. The second kappa shape index (κ2) is 7.08. The molecule has 3 nitrogen and oxygen atoms in total. The molecular formula is C21H25NO2. The quantitative estimate of drug-likeness (QED) is 0.838. The van der Waals surface area contributed by atoms with Crippen LogP contribution in [0.25, 0.3) is 0 Å². The van der Waals surface area contributed by atoms with Gasteiger partial charge in [0.1, 0.15) is 5.75 Å². The number of likely N-dealkylation sites (N-methyl/N-ethyl adjacent to an activating group) is 1. The van der Waals surface area contributed by atoms with E-state index in [1.54, 1.807) is 7.11 Å². The number of carbonyl (C=O) groups is 1. The summed E-state index contributed by atoms with van der Waals surface area (Å²) >= 11 is 0. The van der Waals surface area contributed by atoms with Crippen molar-refractivity contribution in [3.63, 3.8) is 0 Å². The molecule has 2 atom stereocenters. The number of nitrogens with zero attached hydrogens (tertiary/aromatic N) is 1. The van der Waals surface area contributed by atoms with Crippen LogP contribution in [0, 0.1) is 0 Å². The van der Waals surface area contributed by atoms with Crippen LogP contribution in [0.5, 0.6) is 5.75 Å². The average molecular weight is 323 g/mol. The molecule has 0 radical (unpaired) electrons. The van der Waals surface area contributed by atoms with Crippen LogP contribution < -0.4 is 4.74 Å². The molecular weight excluding hydrogens is 298 g/mol. The second-order valence-electron chi connectivity index (χ2n) is 6.54. The number of hydrogen-bond donors (Lipinski definition) is 0. The fraction of sp³-hybridized carbons (Fsp3) is 0.381. The molecule has 126 valence electrons. The summed E-state index contributed by atoms with van der Waals surface area (Å²) in [6, 6.07) is 16.4. The number of ether oxygens (including phenoxy) is 1. The number of hydrogen-bond acceptors (Lipinski definition) is 2. The van der Waals surface area contributed by atoms with Crippen molar-refractivity contribution in [2.45, 2.75) is 38.1 Å². The van der Waals surface area contributed by atoms with E-state index in [1.807, 2.05) is 42.3 Å². The van der Waals surface area contributed by atoms with E-state index in [0.717, 1.165) is 30.6 Å². The third kappa shape index (κ3) is 3.16. The van der Waals surface area contributed by atoms with Crippen molar-refractivity contribution in [1.29, 1.82) is 0 Å². The van der Waals surface area contributed by atoms with Crippen LogP contribution >= 0.6 is 0 Å². The van der Waals surface area contributed by atoms with E-state index in [-0.39, 0.29) is 17.9 Å². The minimum Gasteiger partial charge on any atom is -0.497 e. The largest absolute Gasteiger partial charge is 0.497 e. The SMILES string of the molecule is COc1ccc(C(C)N(C)C(=O)C2CCCc3ccccc32)cc1. The van der Waals surface area contributed by atoms with Crippen molar-refractivity contribution < 1.29 is 9.53 Å². The summed E-state index contributed by atoms with van der Waals surface area (Å²) in [5.74, 6) is 1.03. The lowest BCUT2D eigenvalue weighted by molar-refractivity contribution is -0.133. The average Bonchev–Trinajstić information content (AvgIpc) is 2.66. The number of fused-ring (bicyclic) bond motifs is 1. The molecule has 1 aliphatic carbocycles. The zero-order valence-electron chi connectivity index (χ0n) is 14.7. The molecule has 1 aliphatic rings. The minimum absolute atomic E-state index is 0.0133. The van der Waals surface area contributed by atoms with E-state index in [9.17, 15) is 4.79 Å². The lowest BCUT2D eigenvalue weighted by Crippen LogP contribution is -2.35. The maximum Gasteiger partial charge on any atom is 0.230 e. The molecule has 2 aromatic rings. The number of carbonyl (C=O) groups excluding carboxylic acids is 1. The van der Waals surface area contributed by atoms with Gasteiger partial charge in [-0.05, 0) is 55.0 Å². The first-order chi connectivity index (χ1) is 11.6. The zero-order valence-corrected chi connectivity index (χ0v) is 14.7. The van der Waals surface area contributed by atoms with Gasteiger partial charge in [0.25, 0.3) is 0 Å². The van der Waals surface area contributed by atoms with Gasteiger partial charge in [-0.2, -0.15) is 0 Å². The lowest BCUT2D eigenvalue weighted by atomic mass is 9.82. The molecule has 0 bridgehead atoms. The number of methoxy groups -OCH3 is 1. The molecule has 0 fully saturated rings. The van der Waals surface area contributed by atoms with Crippen LogP contribution in [0.15, 0.2) is 48.5 Å². The molecule has 0 saturated carbocycles.